The quantitative estimate of drug-likeness (QED) is 0.464. The third kappa shape index (κ3) is 3.86. The van der Waals surface area contributed by atoms with Crippen LogP contribution in [0, 0.1) is 0 Å². The van der Waals surface area contributed by atoms with Crippen molar-refractivity contribution >= 4 is 16.9 Å². The van der Waals surface area contributed by atoms with Crippen LogP contribution in [0.1, 0.15) is 25.7 Å². The molecule has 0 bridgehead atoms. The number of ether oxygens (including phenoxy) is 1. The Morgan fingerprint density at radius 2 is 1.81 bits per heavy atom. The molecule has 1 unspecified atom stereocenters. The van der Waals surface area contributed by atoms with Gasteiger partial charge in [-0.05, 0) is 43.4 Å². The molecule has 0 spiro atoms. The second-order valence-corrected chi connectivity index (χ2v) is 8.07. The monoisotopic (exact) mass is 414 g/mol. The molecule has 4 aromatic rings. The number of methoxy groups -OCH3 is 1. The number of furan rings is 1. The summed E-state index contributed by atoms with van der Waals surface area (Å²) in [6, 6.07) is 18.6. The van der Waals surface area contributed by atoms with Crippen LogP contribution in [-0.4, -0.2) is 29.2 Å². The SMILES string of the molecule is COc1ccc(-c2c(-c3ccccc3)oc3ncnc(N[C@H]4CCCC(N)C4)c23)cc1. The molecule has 1 saturated carbocycles. The minimum Gasteiger partial charge on any atom is -0.497 e. The molecule has 31 heavy (non-hydrogen) atoms. The largest absolute Gasteiger partial charge is 0.497 e. The van der Waals surface area contributed by atoms with Crippen molar-refractivity contribution in [2.24, 2.45) is 5.73 Å². The fourth-order valence-corrected chi connectivity index (χ4v) is 4.42. The normalized spacial score (nSPS) is 18.8. The van der Waals surface area contributed by atoms with Crippen LogP contribution in [0.2, 0.25) is 0 Å². The number of hydrogen-bond donors (Lipinski definition) is 2. The summed E-state index contributed by atoms with van der Waals surface area (Å²) in [5.74, 6) is 2.38. The number of benzene rings is 2. The second kappa shape index (κ2) is 8.40. The third-order valence-corrected chi connectivity index (χ3v) is 5.96. The molecule has 1 aliphatic rings. The molecule has 1 fully saturated rings. The zero-order chi connectivity index (χ0) is 21.2. The molecule has 0 saturated heterocycles. The third-order valence-electron chi connectivity index (χ3n) is 5.96. The fraction of sp³-hybridized carbons (Fsp3) is 0.280. The summed E-state index contributed by atoms with van der Waals surface area (Å²) in [5, 5.41) is 4.53. The predicted octanol–water partition coefficient (Wildman–Crippen LogP) is 5.25. The number of nitrogens with two attached hydrogens (primary N) is 1. The van der Waals surface area contributed by atoms with Crippen LogP contribution < -0.4 is 15.8 Å². The van der Waals surface area contributed by atoms with Gasteiger partial charge in [0.25, 0.3) is 0 Å². The molecule has 2 aromatic heterocycles. The predicted molar refractivity (Wildman–Crippen MR) is 123 cm³/mol. The van der Waals surface area contributed by atoms with Crippen molar-refractivity contribution in [1.29, 1.82) is 0 Å². The van der Waals surface area contributed by atoms with Gasteiger partial charge in [0.2, 0.25) is 5.71 Å². The van der Waals surface area contributed by atoms with E-state index in [1.165, 1.54) is 0 Å². The maximum absolute atomic E-state index is 6.30. The van der Waals surface area contributed by atoms with Gasteiger partial charge < -0.3 is 20.2 Å². The summed E-state index contributed by atoms with van der Waals surface area (Å²) in [7, 11) is 1.67. The summed E-state index contributed by atoms with van der Waals surface area (Å²) in [4.78, 5) is 9.05. The van der Waals surface area contributed by atoms with Crippen molar-refractivity contribution < 1.29 is 9.15 Å². The summed E-state index contributed by atoms with van der Waals surface area (Å²) >= 11 is 0. The number of nitrogens with zero attached hydrogens (tertiary/aromatic N) is 2. The zero-order valence-corrected chi connectivity index (χ0v) is 17.5. The van der Waals surface area contributed by atoms with Crippen molar-refractivity contribution in [1.82, 2.24) is 9.97 Å². The van der Waals surface area contributed by atoms with Crippen molar-refractivity contribution in [2.75, 3.05) is 12.4 Å². The Kier molecular flexibility index (Phi) is 5.30. The molecular weight excluding hydrogens is 388 g/mol. The molecule has 0 radical (unpaired) electrons. The number of hydrogen-bond acceptors (Lipinski definition) is 6. The highest BCUT2D eigenvalue weighted by molar-refractivity contribution is 6.05. The lowest BCUT2D eigenvalue weighted by atomic mass is 9.91. The van der Waals surface area contributed by atoms with E-state index in [-0.39, 0.29) is 6.04 Å². The summed E-state index contributed by atoms with van der Waals surface area (Å²) < 4.78 is 11.7. The smallest absolute Gasteiger partial charge is 0.232 e. The first-order valence-electron chi connectivity index (χ1n) is 10.7. The molecule has 2 atom stereocenters. The molecule has 158 valence electrons. The van der Waals surface area contributed by atoms with Gasteiger partial charge in [0, 0.05) is 23.2 Å². The maximum atomic E-state index is 6.30. The highest BCUT2D eigenvalue weighted by atomic mass is 16.5. The number of rotatable bonds is 5. The number of aromatic nitrogens is 2. The van der Waals surface area contributed by atoms with E-state index in [0.717, 1.165) is 65.1 Å². The van der Waals surface area contributed by atoms with E-state index in [0.29, 0.717) is 11.8 Å². The first-order chi connectivity index (χ1) is 15.2. The van der Waals surface area contributed by atoms with Gasteiger partial charge in [-0.15, -0.1) is 0 Å². The Labute approximate surface area is 181 Å². The topological polar surface area (TPSA) is 86.2 Å². The molecule has 1 aliphatic carbocycles. The number of fused-ring (bicyclic) bond motifs is 1. The van der Waals surface area contributed by atoms with Crippen LogP contribution in [0.3, 0.4) is 0 Å². The van der Waals surface area contributed by atoms with Crippen molar-refractivity contribution in [3.63, 3.8) is 0 Å². The van der Waals surface area contributed by atoms with Crippen LogP contribution >= 0.6 is 0 Å². The summed E-state index contributed by atoms with van der Waals surface area (Å²) in [5.41, 5.74) is 9.79. The van der Waals surface area contributed by atoms with Crippen LogP contribution in [0.25, 0.3) is 33.6 Å². The molecule has 2 heterocycles. The van der Waals surface area contributed by atoms with E-state index >= 15 is 0 Å². The van der Waals surface area contributed by atoms with Crippen LogP contribution in [-0.2, 0) is 0 Å². The Morgan fingerprint density at radius 3 is 2.55 bits per heavy atom. The van der Waals surface area contributed by atoms with Crippen LogP contribution in [0.15, 0.2) is 65.3 Å². The standard InChI is InChI=1S/C25H26N4O2/c1-30-20-12-10-16(11-13-20)21-22-24(29-19-9-5-8-18(26)14-19)27-15-28-25(22)31-23(21)17-6-3-2-4-7-17/h2-4,6-7,10-13,15,18-19H,5,8-9,14,26H2,1H3,(H,27,28,29)/t18?,19-/m0/s1. The minimum absolute atomic E-state index is 0.230. The average Bonchev–Trinajstić information content (AvgIpc) is 3.20. The molecule has 2 aromatic carbocycles. The van der Waals surface area contributed by atoms with Crippen LogP contribution in [0.4, 0.5) is 5.82 Å². The Bertz CT molecular complexity index is 1170. The second-order valence-electron chi connectivity index (χ2n) is 8.07. The van der Waals surface area contributed by atoms with Gasteiger partial charge in [-0.1, -0.05) is 42.5 Å². The Morgan fingerprint density at radius 1 is 1.00 bits per heavy atom. The highest BCUT2D eigenvalue weighted by Crippen LogP contribution is 2.43. The minimum atomic E-state index is 0.230. The van der Waals surface area contributed by atoms with E-state index in [9.17, 15) is 0 Å². The number of nitrogens with one attached hydrogen (secondary N) is 1. The lowest BCUT2D eigenvalue weighted by Gasteiger charge is -2.27. The average molecular weight is 415 g/mol. The zero-order valence-electron chi connectivity index (χ0n) is 17.5. The van der Waals surface area contributed by atoms with Crippen molar-refractivity contribution in [3.8, 4) is 28.2 Å². The van der Waals surface area contributed by atoms with E-state index in [1.807, 2.05) is 54.6 Å². The van der Waals surface area contributed by atoms with Gasteiger partial charge in [0.1, 0.15) is 23.7 Å². The van der Waals surface area contributed by atoms with Gasteiger partial charge in [-0.25, -0.2) is 9.97 Å². The molecular formula is C25H26N4O2. The highest BCUT2D eigenvalue weighted by Gasteiger charge is 2.25. The van der Waals surface area contributed by atoms with E-state index < -0.39 is 0 Å². The van der Waals surface area contributed by atoms with Crippen molar-refractivity contribution in [2.45, 2.75) is 37.8 Å². The fourth-order valence-electron chi connectivity index (χ4n) is 4.42. The first kappa shape index (κ1) is 19.6. The maximum Gasteiger partial charge on any atom is 0.232 e. The Hall–Kier alpha value is -3.38. The van der Waals surface area contributed by atoms with Gasteiger partial charge >= 0.3 is 0 Å². The van der Waals surface area contributed by atoms with Gasteiger partial charge in [0.05, 0.1) is 12.5 Å². The lowest BCUT2D eigenvalue weighted by Crippen LogP contribution is -2.35. The van der Waals surface area contributed by atoms with Gasteiger partial charge in [-0.2, -0.15) is 0 Å². The van der Waals surface area contributed by atoms with Crippen LogP contribution in [0.5, 0.6) is 5.75 Å². The van der Waals surface area contributed by atoms with Gasteiger partial charge in [0.15, 0.2) is 0 Å². The molecule has 5 rings (SSSR count). The molecule has 0 aliphatic heterocycles. The van der Waals surface area contributed by atoms with E-state index in [2.05, 4.69) is 15.3 Å². The Balaban J connectivity index is 1.68. The molecule has 6 nitrogen and oxygen atoms in total. The first-order valence-corrected chi connectivity index (χ1v) is 10.7. The molecule has 0 amide bonds. The summed E-state index contributed by atoms with van der Waals surface area (Å²) in [6.07, 6.45) is 5.79. The molecule has 6 heteroatoms. The van der Waals surface area contributed by atoms with Gasteiger partial charge in [-0.3, -0.25) is 0 Å². The number of anilines is 1. The summed E-state index contributed by atoms with van der Waals surface area (Å²) in [6.45, 7) is 0. The lowest BCUT2D eigenvalue weighted by molar-refractivity contribution is 0.409. The molecule has 3 N–H and O–H groups in total. The van der Waals surface area contributed by atoms with E-state index in [4.69, 9.17) is 14.9 Å². The van der Waals surface area contributed by atoms with Crippen molar-refractivity contribution in [3.05, 3.63) is 60.9 Å². The van der Waals surface area contributed by atoms with E-state index in [1.54, 1.807) is 13.4 Å².